The van der Waals surface area contributed by atoms with Crippen molar-refractivity contribution in [2.24, 2.45) is 0 Å². The van der Waals surface area contributed by atoms with Gasteiger partial charge in [0.25, 0.3) is 0 Å². The summed E-state index contributed by atoms with van der Waals surface area (Å²) in [5.74, 6) is 0.787. The maximum Gasteiger partial charge on any atom is 0.130 e. The van der Waals surface area contributed by atoms with Gasteiger partial charge in [0.2, 0.25) is 0 Å². The summed E-state index contributed by atoms with van der Waals surface area (Å²) in [4.78, 5) is 4.14. The van der Waals surface area contributed by atoms with Crippen LogP contribution in [0.4, 0.5) is 5.82 Å². The normalized spacial score (nSPS) is 11.4. The SMILES string of the molecule is C=C/C(=C\C=C\OC)Nc1ccccn1. The molecule has 0 bridgehead atoms. The van der Waals surface area contributed by atoms with Crippen LogP contribution < -0.4 is 5.32 Å². The summed E-state index contributed by atoms with van der Waals surface area (Å²) in [6, 6.07) is 5.67. The number of ether oxygens (including phenoxy) is 1. The van der Waals surface area contributed by atoms with Gasteiger partial charge in [0.15, 0.2) is 0 Å². The number of allylic oxidation sites excluding steroid dienone is 3. The van der Waals surface area contributed by atoms with E-state index in [0.717, 1.165) is 11.5 Å². The van der Waals surface area contributed by atoms with Crippen LogP contribution in [0.15, 0.2) is 61.2 Å². The van der Waals surface area contributed by atoms with Gasteiger partial charge >= 0.3 is 0 Å². The Morgan fingerprint density at radius 2 is 2.40 bits per heavy atom. The number of anilines is 1. The first-order chi connectivity index (χ1) is 7.36. The molecule has 15 heavy (non-hydrogen) atoms. The molecule has 0 aliphatic carbocycles. The van der Waals surface area contributed by atoms with Gasteiger partial charge in [0, 0.05) is 11.9 Å². The molecule has 0 fully saturated rings. The lowest BCUT2D eigenvalue weighted by Crippen LogP contribution is -1.97. The highest BCUT2D eigenvalue weighted by Crippen LogP contribution is 2.05. The molecule has 1 heterocycles. The second kappa shape index (κ2) is 6.43. The van der Waals surface area contributed by atoms with Gasteiger partial charge < -0.3 is 10.1 Å². The molecule has 1 aromatic rings. The van der Waals surface area contributed by atoms with Gasteiger partial charge in [-0.05, 0) is 30.4 Å². The van der Waals surface area contributed by atoms with E-state index in [9.17, 15) is 0 Å². The topological polar surface area (TPSA) is 34.1 Å². The van der Waals surface area contributed by atoms with Crippen LogP contribution in [0, 0.1) is 0 Å². The molecular weight excluding hydrogens is 188 g/mol. The standard InChI is InChI=1S/C12H14N2O/c1-3-11(7-6-10-15-2)14-12-8-4-5-9-13-12/h3-10H,1H2,2H3,(H,13,14)/b10-6+,11-7+. The third kappa shape index (κ3) is 4.13. The molecule has 0 amide bonds. The third-order valence-corrected chi connectivity index (χ3v) is 1.65. The molecular formula is C12H14N2O. The molecule has 0 radical (unpaired) electrons. The van der Waals surface area contributed by atoms with Crippen molar-refractivity contribution >= 4 is 5.82 Å². The van der Waals surface area contributed by atoms with Crippen LogP contribution in [0.25, 0.3) is 0 Å². The fourth-order valence-corrected chi connectivity index (χ4v) is 0.967. The highest BCUT2D eigenvalue weighted by molar-refractivity contribution is 5.44. The molecule has 3 nitrogen and oxygen atoms in total. The zero-order valence-corrected chi connectivity index (χ0v) is 8.68. The summed E-state index contributed by atoms with van der Waals surface area (Å²) in [5, 5.41) is 3.11. The predicted octanol–water partition coefficient (Wildman–Crippen LogP) is 2.72. The van der Waals surface area contributed by atoms with E-state index in [1.165, 1.54) is 0 Å². The Morgan fingerprint density at radius 3 is 3.00 bits per heavy atom. The first-order valence-corrected chi connectivity index (χ1v) is 4.57. The number of hydrogen-bond donors (Lipinski definition) is 1. The molecule has 0 atom stereocenters. The summed E-state index contributed by atoms with van der Waals surface area (Å²) < 4.78 is 4.78. The zero-order valence-electron chi connectivity index (χ0n) is 8.68. The fourth-order valence-electron chi connectivity index (χ4n) is 0.967. The number of aromatic nitrogens is 1. The van der Waals surface area contributed by atoms with Gasteiger partial charge in [-0.25, -0.2) is 4.98 Å². The summed E-state index contributed by atoms with van der Waals surface area (Å²) in [7, 11) is 1.60. The van der Waals surface area contributed by atoms with E-state index in [1.54, 1.807) is 31.7 Å². The first-order valence-electron chi connectivity index (χ1n) is 4.57. The second-order valence-corrected chi connectivity index (χ2v) is 2.73. The van der Waals surface area contributed by atoms with E-state index >= 15 is 0 Å². The molecule has 0 saturated heterocycles. The quantitative estimate of drug-likeness (QED) is 0.589. The molecule has 0 spiro atoms. The van der Waals surface area contributed by atoms with E-state index in [4.69, 9.17) is 4.74 Å². The number of methoxy groups -OCH3 is 1. The van der Waals surface area contributed by atoms with Crippen molar-refractivity contribution in [3.63, 3.8) is 0 Å². The molecule has 3 heteroatoms. The van der Waals surface area contributed by atoms with Crippen molar-refractivity contribution in [3.05, 3.63) is 61.2 Å². The Kier molecular flexibility index (Phi) is 4.73. The average Bonchev–Trinajstić information content (AvgIpc) is 2.29. The van der Waals surface area contributed by atoms with Gasteiger partial charge in [0.05, 0.1) is 13.4 Å². The highest BCUT2D eigenvalue weighted by atomic mass is 16.5. The van der Waals surface area contributed by atoms with Crippen molar-refractivity contribution in [1.82, 2.24) is 4.98 Å². The van der Waals surface area contributed by atoms with Crippen LogP contribution in [0.1, 0.15) is 0 Å². The number of pyridine rings is 1. The number of nitrogens with zero attached hydrogens (tertiary/aromatic N) is 1. The summed E-state index contributed by atoms with van der Waals surface area (Å²) in [5.41, 5.74) is 0.863. The molecule has 1 aromatic heterocycles. The van der Waals surface area contributed by atoms with Crippen LogP contribution in [-0.4, -0.2) is 12.1 Å². The van der Waals surface area contributed by atoms with E-state index < -0.39 is 0 Å². The second-order valence-electron chi connectivity index (χ2n) is 2.73. The van der Waals surface area contributed by atoms with Gasteiger partial charge in [0.1, 0.15) is 5.82 Å². The maximum atomic E-state index is 4.78. The lowest BCUT2D eigenvalue weighted by molar-refractivity contribution is 0.338. The average molecular weight is 202 g/mol. The smallest absolute Gasteiger partial charge is 0.130 e. The molecule has 78 valence electrons. The number of hydrogen-bond acceptors (Lipinski definition) is 3. The predicted molar refractivity (Wildman–Crippen MR) is 62.3 cm³/mol. The highest BCUT2D eigenvalue weighted by Gasteiger charge is 1.92. The van der Waals surface area contributed by atoms with Crippen LogP contribution in [0.5, 0.6) is 0 Å². The lowest BCUT2D eigenvalue weighted by Gasteiger charge is -2.04. The Labute approximate surface area is 89.8 Å². The molecule has 0 aliphatic rings. The Morgan fingerprint density at radius 1 is 1.53 bits per heavy atom. The number of nitrogens with one attached hydrogen (secondary N) is 1. The molecule has 1 N–H and O–H groups in total. The lowest BCUT2D eigenvalue weighted by atomic mass is 10.3. The summed E-state index contributed by atoms with van der Waals surface area (Å²) in [6.07, 6.45) is 8.67. The molecule has 1 rings (SSSR count). The molecule has 0 saturated carbocycles. The molecule has 0 unspecified atom stereocenters. The Hall–Kier alpha value is -2.03. The Bertz CT molecular complexity index is 355. The van der Waals surface area contributed by atoms with E-state index in [2.05, 4.69) is 16.9 Å². The summed E-state index contributed by atoms with van der Waals surface area (Å²) in [6.45, 7) is 3.70. The van der Waals surface area contributed by atoms with Gasteiger partial charge in [-0.1, -0.05) is 12.6 Å². The van der Waals surface area contributed by atoms with Crippen molar-refractivity contribution in [2.45, 2.75) is 0 Å². The third-order valence-electron chi connectivity index (χ3n) is 1.65. The fraction of sp³-hybridized carbons (Fsp3) is 0.0833. The van der Waals surface area contributed by atoms with Crippen molar-refractivity contribution in [3.8, 4) is 0 Å². The van der Waals surface area contributed by atoms with Crippen molar-refractivity contribution < 1.29 is 4.74 Å². The monoisotopic (exact) mass is 202 g/mol. The Balaban J connectivity index is 2.66. The van der Waals surface area contributed by atoms with Crippen LogP contribution in [-0.2, 0) is 4.74 Å². The van der Waals surface area contributed by atoms with Crippen molar-refractivity contribution in [1.29, 1.82) is 0 Å². The molecule has 0 aliphatic heterocycles. The van der Waals surface area contributed by atoms with Crippen molar-refractivity contribution in [2.75, 3.05) is 12.4 Å². The maximum absolute atomic E-state index is 4.78. The molecule has 0 aromatic carbocycles. The van der Waals surface area contributed by atoms with Crippen LogP contribution in [0.2, 0.25) is 0 Å². The van der Waals surface area contributed by atoms with E-state index in [0.29, 0.717) is 0 Å². The first kappa shape index (κ1) is 11.0. The minimum Gasteiger partial charge on any atom is -0.504 e. The van der Waals surface area contributed by atoms with Crippen LogP contribution >= 0.6 is 0 Å². The number of rotatable bonds is 5. The van der Waals surface area contributed by atoms with E-state index in [-0.39, 0.29) is 0 Å². The van der Waals surface area contributed by atoms with Gasteiger partial charge in [-0.3, -0.25) is 0 Å². The largest absolute Gasteiger partial charge is 0.504 e. The minimum atomic E-state index is 0.787. The summed E-state index contributed by atoms with van der Waals surface area (Å²) >= 11 is 0. The zero-order chi connectivity index (χ0) is 10.9. The van der Waals surface area contributed by atoms with Gasteiger partial charge in [-0.2, -0.15) is 0 Å². The van der Waals surface area contributed by atoms with Gasteiger partial charge in [-0.15, -0.1) is 0 Å². The van der Waals surface area contributed by atoms with Crippen LogP contribution in [0.3, 0.4) is 0 Å². The van der Waals surface area contributed by atoms with E-state index in [1.807, 2.05) is 24.3 Å². The minimum absolute atomic E-state index is 0.787.